The molecule has 0 atom stereocenters. The summed E-state index contributed by atoms with van der Waals surface area (Å²) >= 11 is 0. The molecule has 126 valence electrons. The Hall–Kier alpha value is -3.60. The molecule has 0 aliphatic rings. The van der Waals surface area contributed by atoms with E-state index in [2.05, 4.69) is 15.0 Å². The first-order chi connectivity index (χ1) is 12.7. The van der Waals surface area contributed by atoms with Crippen molar-refractivity contribution in [3.63, 3.8) is 0 Å². The molecule has 5 nitrogen and oxygen atoms in total. The van der Waals surface area contributed by atoms with Crippen LogP contribution in [-0.2, 0) is 0 Å². The van der Waals surface area contributed by atoms with Gasteiger partial charge in [0.15, 0.2) is 0 Å². The number of aromatic carboxylic acids is 1. The van der Waals surface area contributed by atoms with Gasteiger partial charge < -0.3 is 5.11 Å². The number of aromatic nitrogens is 3. The number of hydrogen-bond donors (Lipinski definition) is 1. The molecule has 0 radical (unpaired) electrons. The molecule has 3 aromatic heterocycles. The molecule has 5 heteroatoms. The summed E-state index contributed by atoms with van der Waals surface area (Å²) in [5.41, 5.74) is 2.99. The lowest BCUT2D eigenvalue weighted by Gasteiger charge is -2.16. The van der Waals surface area contributed by atoms with E-state index in [0.29, 0.717) is 11.2 Å². The highest BCUT2D eigenvalue weighted by molar-refractivity contribution is 6.01. The minimum Gasteiger partial charge on any atom is -0.478 e. The highest BCUT2D eigenvalue weighted by Gasteiger charge is 2.21. The van der Waals surface area contributed by atoms with Crippen molar-refractivity contribution in [1.82, 2.24) is 15.0 Å². The van der Waals surface area contributed by atoms with Gasteiger partial charge in [0.1, 0.15) is 0 Å². The SMILES string of the molecule is O=C(O)c1cccc2ccc(C(c3ccccn3)c3ccccn3)nc12. The number of carboxylic acids is 1. The third-order valence-electron chi connectivity index (χ3n) is 4.24. The number of hydrogen-bond acceptors (Lipinski definition) is 4. The number of carbonyl (C=O) groups is 1. The zero-order valence-corrected chi connectivity index (χ0v) is 13.8. The Morgan fingerprint density at radius 3 is 2.04 bits per heavy atom. The molecule has 3 heterocycles. The summed E-state index contributed by atoms with van der Waals surface area (Å²) in [6.45, 7) is 0. The molecule has 0 amide bonds. The smallest absolute Gasteiger partial charge is 0.337 e. The molecule has 0 spiro atoms. The van der Waals surface area contributed by atoms with E-state index >= 15 is 0 Å². The predicted molar refractivity (Wildman–Crippen MR) is 98.1 cm³/mol. The molecule has 0 aliphatic carbocycles. The number of para-hydroxylation sites is 1. The Balaban J connectivity index is 1.94. The lowest BCUT2D eigenvalue weighted by Crippen LogP contribution is -2.10. The second-order valence-electron chi connectivity index (χ2n) is 5.86. The van der Waals surface area contributed by atoms with Crippen molar-refractivity contribution in [1.29, 1.82) is 0 Å². The van der Waals surface area contributed by atoms with E-state index < -0.39 is 5.97 Å². The first-order valence-electron chi connectivity index (χ1n) is 8.19. The average molecular weight is 341 g/mol. The Kier molecular flexibility index (Phi) is 4.11. The number of pyridine rings is 3. The second-order valence-corrected chi connectivity index (χ2v) is 5.86. The quantitative estimate of drug-likeness (QED) is 0.609. The van der Waals surface area contributed by atoms with E-state index in [1.807, 2.05) is 54.6 Å². The highest BCUT2D eigenvalue weighted by Crippen LogP contribution is 2.30. The Labute approximate surface area is 150 Å². The summed E-state index contributed by atoms with van der Waals surface area (Å²) in [5.74, 6) is -1.27. The topological polar surface area (TPSA) is 76.0 Å². The van der Waals surface area contributed by atoms with Crippen LogP contribution in [0.2, 0.25) is 0 Å². The van der Waals surface area contributed by atoms with Crippen LogP contribution in [0.5, 0.6) is 0 Å². The average Bonchev–Trinajstić information content (AvgIpc) is 2.69. The van der Waals surface area contributed by atoms with Crippen molar-refractivity contribution in [2.24, 2.45) is 0 Å². The van der Waals surface area contributed by atoms with Gasteiger partial charge in [-0.1, -0.05) is 30.3 Å². The maximum absolute atomic E-state index is 11.6. The van der Waals surface area contributed by atoms with Gasteiger partial charge in [0.05, 0.1) is 34.1 Å². The van der Waals surface area contributed by atoms with E-state index in [-0.39, 0.29) is 11.5 Å². The van der Waals surface area contributed by atoms with Crippen LogP contribution in [0.4, 0.5) is 0 Å². The van der Waals surface area contributed by atoms with Gasteiger partial charge in [-0.2, -0.15) is 0 Å². The van der Waals surface area contributed by atoms with Crippen LogP contribution in [0.3, 0.4) is 0 Å². The number of benzene rings is 1. The van der Waals surface area contributed by atoms with E-state index in [1.165, 1.54) is 0 Å². The zero-order chi connectivity index (χ0) is 17.9. The van der Waals surface area contributed by atoms with Crippen molar-refractivity contribution >= 4 is 16.9 Å². The molecule has 1 N–H and O–H groups in total. The monoisotopic (exact) mass is 341 g/mol. The molecular formula is C21H15N3O2. The van der Waals surface area contributed by atoms with Crippen LogP contribution in [-0.4, -0.2) is 26.0 Å². The fourth-order valence-electron chi connectivity index (χ4n) is 3.04. The van der Waals surface area contributed by atoms with Crippen molar-refractivity contribution in [2.45, 2.75) is 5.92 Å². The van der Waals surface area contributed by atoms with Gasteiger partial charge in [-0.15, -0.1) is 0 Å². The van der Waals surface area contributed by atoms with E-state index in [4.69, 9.17) is 0 Å². The second kappa shape index (κ2) is 6.72. The van der Waals surface area contributed by atoms with E-state index in [1.54, 1.807) is 24.5 Å². The molecule has 26 heavy (non-hydrogen) atoms. The summed E-state index contributed by atoms with van der Waals surface area (Å²) in [5, 5.41) is 10.3. The minimum absolute atomic E-state index is 0.185. The fourth-order valence-corrected chi connectivity index (χ4v) is 3.04. The van der Waals surface area contributed by atoms with Gasteiger partial charge in [0.25, 0.3) is 0 Å². The highest BCUT2D eigenvalue weighted by atomic mass is 16.4. The van der Waals surface area contributed by atoms with Gasteiger partial charge in [0, 0.05) is 17.8 Å². The third kappa shape index (κ3) is 2.91. The maximum Gasteiger partial charge on any atom is 0.337 e. The van der Waals surface area contributed by atoms with Crippen molar-refractivity contribution in [3.05, 3.63) is 102 Å². The number of carboxylic acid groups (broad SMARTS) is 1. The summed E-state index contributed by atoms with van der Waals surface area (Å²) in [4.78, 5) is 25.2. The Bertz CT molecular complexity index is 1030. The van der Waals surface area contributed by atoms with Crippen LogP contribution in [0.1, 0.15) is 33.4 Å². The van der Waals surface area contributed by atoms with Crippen molar-refractivity contribution < 1.29 is 9.90 Å². The normalized spacial score (nSPS) is 11.0. The lowest BCUT2D eigenvalue weighted by atomic mass is 9.94. The van der Waals surface area contributed by atoms with Crippen molar-refractivity contribution in [3.8, 4) is 0 Å². The Morgan fingerprint density at radius 2 is 1.46 bits per heavy atom. The summed E-state index contributed by atoms with van der Waals surface area (Å²) in [7, 11) is 0. The predicted octanol–water partition coefficient (Wildman–Crippen LogP) is 3.90. The molecule has 0 saturated carbocycles. The van der Waals surface area contributed by atoms with Gasteiger partial charge in [0.2, 0.25) is 0 Å². The summed E-state index contributed by atoms with van der Waals surface area (Å²) in [6.07, 6.45) is 3.46. The van der Waals surface area contributed by atoms with Gasteiger partial charge in [-0.05, 0) is 36.4 Å². The fraction of sp³-hybridized carbons (Fsp3) is 0.0476. The molecule has 0 saturated heterocycles. The van der Waals surface area contributed by atoms with Crippen molar-refractivity contribution in [2.75, 3.05) is 0 Å². The molecule has 4 aromatic rings. The Morgan fingerprint density at radius 1 is 0.769 bits per heavy atom. The third-order valence-corrected chi connectivity index (χ3v) is 4.24. The van der Waals surface area contributed by atoms with Gasteiger partial charge in [-0.3, -0.25) is 15.0 Å². The zero-order valence-electron chi connectivity index (χ0n) is 13.8. The van der Waals surface area contributed by atoms with Gasteiger partial charge in [-0.25, -0.2) is 4.79 Å². The van der Waals surface area contributed by atoms with E-state index in [9.17, 15) is 9.90 Å². The summed E-state index contributed by atoms with van der Waals surface area (Å²) < 4.78 is 0. The molecule has 1 aromatic carbocycles. The first kappa shape index (κ1) is 15.9. The van der Waals surface area contributed by atoms with Gasteiger partial charge >= 0.3 is 5.97 Å². The molecule has 0 fully saturated rings. The van der Waals surface area contributed by atoms with E-state index in [0.717, 1.165) is 16.8 Å². The molecular weight excluding hydrogens is 326 g/mol. The van der Waals surface area contributed by atoms with Crippen LogP contribution in [0, 0.1) is 0 Å². The first-order valence-corrected chi connectivity index (χ1v) is 8.19. The summed E-state index contributed by atoms with van der Waals surface area (Å²) in [6, 6.07) is 20.3. The van der Waals surface area contributed by atoms with Crippen LogP contribution < -0.4 is 0 Å². The number of rotatable bonds is 4. The molecule has 4 rings (SSSR count). The lowest BCUT2D eigenvalue weighted by molar-refractivity contribution is 0.0699. The molecule has 0 aliphatic heterocycles. The molecule has 0 bridgehead atoms. The standard InChI is InChI=1S/C21H15N3O2/c25-21(26)15-7-5-6-14-10-11-18(24-20(14)15)19(16-8-1-3-12-22-16)17-9-2-4-13-23-17/h1-13,19H,(H,25,26). The van der Waals surface area contributed by atoms with Crippen LogP contribution in [0.15, 0.2) is 79.1 Å². The van der Waals surface area contributed by atoms with Crippen LogP contribution in [0.25, 0.3) is 10.9 Å². The largest absolute Gasteiger partial charge is 0.478 e. The molecule has 0 unspecified atom stereocenters. The number of fused-ring (bicyclic) bond motifs is 1. The minimum atomic E-state index is -0.993. The van der Waals surface area contributed by atoms with Crippen LogP contribution >= 0.6 is 0 Å². The maximum atomic E-state index is 11.6. The number of nitrogens with zero attached hydrogens (tertiary/aromatic N) is 3.